The van der Waals surface area contributed by atoms with Crippen molar-refractivity contribution in [3.05, 3.63) is 94.9 Å². The number of furan rings is 2. The van der Waals surface area contributed by atoms with E-state index in [0.717, 1.165) is 38.5 Å². The van der Waals surface area contributed by atoms with Gasteiger partial charge in [-0.2, -0.15) is 0 Å². The molecule has 0 aliphatic carbocycles. The van der Waals surface area contributed by atoms with E-state index in [1.165, 1.54) is 49.0 Å². The highest BCUT2D eigenvalue weighted by Gasteiger charge is 2.29. The summed E-state index contributed by atoms with van der Waals surface area (Å²) in [6, 6.07) is 6.63. The topological polar surface area (TPSA) is 142 Å². The lowest BCUT2D eigenvalue weighted by Gasteiger charge is -2.22. The molecule has 2 atom stereocenters. The number of carboxylic acids is 2. The summed E-state index contributed by atoms with van der Waals surface area (Å²) in [7, 11) is 0. The SMILES string of the molecule is CCCC/C=C(C)/C=C/[C@H]1CCC(=O)N1CCCc1ccc(C(=O)O)o1.CCCC/C=C(C)/C=C\[C@H]1CCC(=O)N1CCCc1ccc(C(=O)O)o1. The van der Waals surface area contributed by atoms with Crippen LogP contribution in [0.5, 0.6) is 0 Å². The summed E-state index contributed by atoms with van der Waals surface area (Å²) >= 11 is 0. The van der Waals surface area contributed by atoms with Crippen LogP contribution in [0.25, 0.3) is 0 Å². The number of unbranched alkanes of at least 4 members (excludes halogenated alkanes) is 4. The normalized spacial score (nSPS) is 18.2. The van der Waals surface area contributed by atoms with Gasteiger partial charge in [0.25, 0.3) is 0 Å². The van der Waals surface area contributed by atoms with Crippen LogP contribution in [0.3, 0.4) is 0 Å². The van der Waals surface area contributed by atoms with E-state index in [2.05, 4.69) is 64.2 Å². The smallest absolute Gasteiger partial charge is 0.371 e. The number of allylic oxidation sites excluding steroid dienone is 6. The number of hydrogen-bond acceptors (Lipinski definition) is 6. The van der Waals surface area contributed by atoms with Crippen LogP contribution >= 0.6 is 0 Å². The lowest BCUT2D eigenvalue weighted by molar-refractivity contribution is -0.129. The zero-order valence-electron chi connectivity index (χ0n) is 31.5. The van der Waals surface area contributed by atoms with Gasteiger partial charge in [-0.15, -0.1) is 0 Å². The average molecular weight is 719 g/mol. The maximum absolute atomic E-state index is 12.2. The Balaban J connectivity index is 0.000000280. The molecule has 2 saturated heterocycles. The fourth-order valence-electron chi connectivity index (χ4n) is 6.32. The largest absolute Gasteiger partial charge is 0.475 e. The third kappa shape index (κ3) is 14.2. The molecule has 2 aromatic rings. The number of carbonyl (C=O) groups excluding carboxylic acids is 2. The highest BCUT2D eigenvalue weighted by Crippen LogP contribution is 2.23. The second-order valence-electron chi connectivity index (χ2n) is 13.6. The zero-order chi connectivity index (χ0) is 37.9. The van der Waals surface area contributed by atoms with Crippen molar-refractivity contribution in [2.45, 2.75) is 130 Å². The molecule has 2 fully saturated rings. The Morgan fingerprint density at radius 3 is 1.44 bits per heavy atom. The monoisotopic (exact) mass is 718 g/mol. The number of likely N-dealkylation sites (tertiary alicyclic amines) is 2. The van der Waals surface area contributed by atoms with Crippen molar-refractivity contribution in [1.29, 1.82) is 0 Å². The van der Waals surface area contributed by atoms with Crippen LogP contribution in [0.4, 0.5) is 0 Å². The molecule has 4 heterocycles. The zero-order valence-corrected chi connectivity index (χ0v) is 31.5. The Hall–Kier alpha value is -4.60. The lowest BCUT2D eigenvalue weighted by atomic mass is 10.1. The van der Waals surface area contributed by atoms with E-state index >= 15 is 0 Å². The quantitative estimate of drug-likeness (QED) is 0.102. The van der Waals surface area contributed by atoms with Crippen LogP contribution in [0.1, 0.15) is 137 Å². The van der Waals surface area contributed by atoms with Crippen molar-refractivity contribution >= 4 is 23.8 Å². The van der Waals surface area contributed by atoms with Crippen LogP contribution in [0, 0.1) is 0 Å². The summed E-state index contributed by atoms with van der Waals surface area (Å²) in [6.45, 7) is 9.90. The number of rotatable bonds is 20. The van der Waals surface area contributed by atoms with E-state index in [4.69, 9.17) is 19.0 Å². The Kier molecular flexibility index (Phi) is 18.0. The molecule has 4 rings (SSSR count). The molecule has 2 aliphatic rings. The van der Waals surface area contributed by atoms with Crippen LogP contribution in [-0.2, 0) is 22.4 Å². The second-order valence-corrected chi connectivity index (χ2v) is 13.6. The molecule has 0 saturated carbocycles. The van der Waals surface area contributed by atoms with Gasteiger partial charge < -0.3 is 28.8 Å². The van der Waals surface area contributed by atoms with Crippen LogP contribution < -0.4 is 0 Å². The molecule has 2 aliphatic heterocycles. The highest BCUT2D eigenvalue weighted by molar-refractivity contribution is 5.84. The first-order chi connectivity index (χ1) is 25.0. The van der Waals surface area contributed by atoms with Crippen molar-refractivity contribution in [2.24, 2.45) is 0 Å². The van der Waals surface area contributed by atoms with Gasteiger partial charge in [-0.1, -0.05) is 87.1 Å². The summed E-state index contributed by atoms with van der Waals surface area (Å²) in [5.41, 5.74) is 2.49. The van der Waals surface area contributed by atoms with Gasteiger partial charge in [0.15, 0.2) is 0 Å². The summed E-state index contributed by atoms with van der Waals surface area (Å²) in [4.78, 5) is 49.8. The van der Waals surface area contributed by atoms with Crippen LogP contribution in [-0.4, -0.2) is 68.9 Å². The molecule has 52 heavy (non-hydrogen) atoms. The Morgan fingerprint density at radius 1 is 0.692 bits per heavy atom. The number of aryl methyl sites for hydroxylation is 2. The Bertz CT molecular complexity index is 1460. The van der Waals surface area contributed by atoms with E-state index < -0.39 is 11.9 Å². The summed E-state index contributed by atoms with van der Waals surface area (Å²) in [5, 5.41) is 17.8. The molecule has 2 aromatic heterocycles. The molecule has 0 aromatic carbocycles. The molecule has 0 radical (unpaired) electrons. The predicted molar refractivity (Wildman–Crippen MR) is 202 cm³/mol. The van der Waals surface area contributed by atoms with Crippen molar-refractivity contribution < 1.29 is 38.2 Å². The lowest BCUT2D eigenvalue weighted by Crippen LogP contribution is -2.32. The predicted octanol–water partition coefficient (Wildman–Crippen LogP) is 9.19. The molecule has 0 bridgehead atoms. The van der Waals surface area contributed by atoms with Crippen molar-refractivity contribution in [1.82, 2.24) is 9.80 Å². The minimum atomic E-state index is -1.06. The molecule has 2 N–H and O–H groups in total. The van der Waals surface area contributed by atoms with E-state index in [0.29, 0.717) is 50.3 Å². The van der Waals surface area contributed by atoms with Gasteiger partial charge in [0.2, 0.25) is 23.3 Å². The number of nitrogens with zero attached hydrogens (tertiary/aromatic N) is 2. The standard InChI is InChI=1S/2C21H29NO4/c2*1-3-4-5-7-16(2)9-10-17-11-14-20(23)22(17)15-6-8-18-12-13-19(26-18)21(24)25/h2*7,9-10,12-13,17H,3-6,8,11,14-15H2,1-2H3,(H,24,25)/b10-9+,16-7+;10-9-,16-7+/t2*17-/m00/s1. The third-order valence-electron chi connectivity index (χ3n) is 9.35. The number of hydrogen-bond donors (Lipinski definition) is 2. The fraction of sp³-hybridized carbons (Fsp3) is 0.524. The summed E-state index contributed by atoms with van der Waals surface area (Å²) < 4.78 is 10.5. The summed E-state index contributed by atoms with van der Waals surface area (Å²) in [6.07, 6.45) is 25.7. The van der Waals surface area contributed by atoms with Crippen molar-refractivity contribution in [3.8, 4) is 0 Å². The number of amides is 2. The van der Waals surface area contributed by atoms with E-state index in [1.54, 1.807) is 12.1 Å². The van der Waals surface area contributed by atoms with Gasteiger partial charge in [0, 0.05) is 38.8 Å². The number of carboxylic acid groups (broad SMARTS) is 2. The first-order valence-electron chi connectivity index (χ1n) is 18.9. The van der Waals surface area contributed by atoms with Gasteiger partial charge in [-0.3, -0.25) is 9.59 Å². The maximum Gasteiger partial charge on any atom is 0.371 e. The Morgan fingerprint density at radius 2 is 1.10 bits per heavy atom. The minimum Gasteiger partial charge on any atom is -0.475 e. The molecule has 2 amide bonds. The van der Waals surface area contributed by atoms with Crippen LogP contribution in [0.2, 0.25) is 0 Å². The van der Waals surface area contributed by atoms with Gasteiger partial charge >= 0.3 is 11.9 Å². The van der Waals surface area contributed by atoms with Crippen molar-refractivity contribution in [2.75, 3.05) is 13.1 Å². The van der Waals surface area contributed by atoms with E-state index in [9.17, 15) is 19.2 Å². The molecule has 10 nitrogen and oxygen atoms in total. The molecule has 0 unspecified atom stereocenters. The maximum atomic E-state index is 12.2. The van der Waals surface area contributed by atoms with E-state index in [-0.39, 0.29) is 35.4 Å². The fourth-order valence-corrected chi connectivity index (χ4v) is 6.32. The average Bonchev–Trinajstić information content (AvgIpc) is 3.93. The van der Waals surface area contributed by atoms with Gasteiger partial charge in [-0.05, 0) is 76.6 Å². The van der Waals surface area contributed by atoms with Crippen LogP contribution in [0.15, 0.2) is 80.7 Å². The van der Waals surface area contributed by atoms with Gasteiger partial charge in [-0.25, -0.2) is 9.59 Å². The van der Waals surface area contributed by atoms with Crippen molar-refractivity contribution in [3.63, 3.8) is 0 Å². The summed E-state index contributed by atoms with van der Waals surface area (Å²) in [5.74, 6) is -0.508. The van der Waals surface area contributed by atoms with Gasteiger partial charge in [0.1, 0.15) is 11.5 Å². The van der Waals surface area contributed by atoms with E-state index in [1.807, 2.05) is 9.80 Å². The first kappa shape index (κ1) is 41.8. The molecular weight excluding hydrogens is 660 g/mol. The number of carbonyl (C=O) groups is 4. The second kappa shape index (κ2) is 22.4. The first-order valence-corrected chi connectivity index (χ1v) is 18.9. The minimum absolute atomic E-state index is 0.0385. The number of aromatic carboxylic acids is 2. The van der Waals surface area contributed by atoms with Gasteiger partial charge in [0.05, 0.1) is 12.1 Å². The molecular formula is C42H58N2O8. The Labute approximate surface area is 308 Å². The molecule has 10 heteroatoms. The third-order valence-corrected chi connectivity index (χ3v) is 9.35. The molecule has 0 spiro atoms. The highest BCUT2D eigenvalue weighted by atomic mass is 16.4. The molecule has 284 valence electrons.